The summed E-state index contributed by atoms with van der Waals surface area (Å²) in [6.07, 6.45) is 6.64. The minimum atomic E-state index is -1.51. The maximum Gasteiger partial charge on any atom is 0.201 e. The van der Waals surface area contributed by atoms with Crippen molar-refractivity contribution in [3.05, 3.63) is 89.0 Å². The smallest absolute Gasteiger partial charge is 0.201 e. The molecular weight excluding hydrogens is 506 g/mol. The van der Waals surface area contributed by atoms with Crippen LogP contribution in [0.25, 0.3) is 22.3 Å². The zero-order valence-corrected chi connectivity index (χ0v) is 21.1. The Morgan fingerprint density at radius 2 is 1.32 bits per heavy atom. The quantitative estimate of drug-likeness (QED) is 0.213. The lowest BCUT2D eigenvalue weighted by Crippen LogP contribution is -2.24. The van der Waals surface area contributed by atoms with Gasteiger partial charge >= 0.3 is 0 Å². The van der Waals surface area contributed by atoms with Crippen molar-refractivity contribution in [3.63, 3.8) is 0 Å². The first-order valence-electron chi connectivity index (χ1n) is 12.6. The van der Waals surface area contributed by atoms with Gasteiger partial charge < -0.3 is 9.47 Å². The molecule has 0 spiro atoms. The Kier molecular flexibility index (Phi) is 8.82. The fourth-order valence-electron chi connectivity index (χ4n) is 4.74. The SMILES string of the molecule is C/C=C/C1CCC(CCc2ccc(-c3ccc(-c4ccc(OCC)c(F)c4F)c(F)c3F)c(F)c2F)CO1. The van der Waals surface area contributed by atoms with E-state index < -0.39 is 57.2 Å². The van der Waals surface area contributed by atoms with Gasteiger partial charge in [0.15, 0.2) is 34.8 Å². The second-order valence-electron chi connectivity index (χ2n) is 9.24. The van der Waals surface area contributed by atoms with Crippen molar-refractivity contribution in [3.8, 4) is 28.0 Å². The second-order valence-corrected chi connectivity index (χ2v) is 9.24. The van der Waals surface area contributed by atoms with Gasteiger partial charge in [-0.25, -0.2) is 22.0 Å². The minimum Gasteiger partial charge on any atom is -0.491 e. The zero-order chi connectivity index (χ0) is 27.4. The normalized spacial score (nSPS) is 17.8. The van der Waals surface area contributed by atoms with Crippen molar-refractivity contribution in [2.75, 3.05) is 13.2 Å². The van der Waals surface area contributed by atoms with Crippen molar-refractivity contribution < 1.29 is 35.8 Å². The standard InChI is InChI=1S/C30H28F6O2/c1-3-5-19-10-7-17(16-38-19)6-8-18-9-11-20(26(32)25(18)31)21-12-13-22(28(34)27(21)33)23-14-15-24(37-4-2)30(36)29(23)35/h3,5,9,11-15,17,19H,4,6-8,10,16H2,1-2H3/b5-3+. The van der Waals surface area contributed by atoms with Crippen LogP contribution in [0.5, 0.6) is 5.75 Å². The van der Waals surface area contributed by atoms with Crippen LogP contribution < -0.4 is 4.74 Å². The zero-order valence-electron chi connectivity index (χ0n) is 21.1. The van der Waals surface area contributed by atoms with Crippen molar-refractivity contribution in [1.29, 1.82) is 0 Å². The van der Waals surface area contributed by atoms with E-state index in [1.165, 1.54) is 12.1 Å². The minimum absolute atomic E-state index is 0.0800. The number of rotatable bonds is 8. The third kappa shape index (κ3) is 5.60. The Hall–Kier alpha value is -3.26. The number of allylic oxidation sites excluding steroid dienone is 1. The van der Waals surface area contributed by atoms with Gasteiger partial charge in [0.1, 0.15) is 0 Å². The molecular formula is C30H28F6O2. The predicted molar refractivity (Wildman–Crippen MR) is 134 cm³/mol. The van der Waals surface area contributed by atoms with E-state index in [1.54, 1.807) is 6.92 Å². The van der Waals surface area contributed by atoms with E-state index in [0.717, 1.165) is 37.1 Å². The van der Waals surface area contributed by atoms with Gasteiger partial charge in [0, 0.05) is 22.3 Å². The molecule has 202 valence electrons. The first kappa shape index (κ1) is 27.8. The fourth-order valence-corrected chi connectivity index (χ4v) is 4.74. The average molecular weight is 535 g/mol. The third-order valence-electron chi connectivity index (χ3n) is 6.81. The molecule has 0 aromatic heterocycles. The Bertz CT molecular complexity index is 1330. The van der Waals surface area contributed by atoms with Gasteiger partial charge in [-0.1, -0.05) is 36.4 Å². The van der Waals surface area contributed by atoms with Gasteiger partial charge in [-0.15, -0.1) is 0 Å². The molecule has 8 heteroatoms. The van der Waals surface area contributed by atoms with Crippen molar-refractivity contribution in [2.45, 2.75) is 45.6 Å². The molecule has 0 amide bonds. The van der Waals surface area contributed by atoms with Crippen LogP contribution in [-0.4, -0.2) is 19.3 Å². The van der Waals surface area contributed by atoms with E-state index in [2.05, 4.69) is 0 Å². The molecule has 1 fully saturated rings. The molecule has 0 N–H and O–H groups in total. The predicted octanol–water partition coefficient (Wildman–Crippen LogP) is 8.56. The lowest BCUT2D eigenvalue weighted by Gasteiger charge is -2.27. The first-order valence-corrected chi connectivity index (χ1v) is 12.6. The molecule has 1 saturated heterocycles. The summed E-state index contributed by atoms with van der Waals surface area (Å²) in [5.74, 6) is -8.35. The number of aryl methyl sites for hydroxylation is 1. The maximum atomic E-state index is 15.0. The molecule has 0 saturated carbocycles. The Labute approximate surface area is 217 Å². The molecule has 0 bridgehead atoms. The van der Waals surface area contributed by atoms with Crippen LogP contribution in [0.1, 0.15) is 38.7 Å². The van der Waals surface area contributed by atoms with E-state index in [0.29, 0.717) is 13.0 Å². The Morgan fingerprint density at radius 3 is 1.87 bits per heavy atom. The molecule has 3 aromatic rings. The summed E-state index contributed by atoms with van der Waals surface area (Å²) >= 11 is 0. The fraction of sp³-hybridized carbons (Fsp3) is 0.333. The molecule has 2 nitrogen and oxygen atoms in total. The van der Waals surface area contributed by atoms with Crippen LogP contribution in [0.2, 0.25) is 0 Å². The number of benzene rings is 3. The highest BCUT2D eigenvalue weighted by molar-refractivity contribution is 5.73. The van der Waals surface area contributed by atoms with Crippen molar-refractivity contribution in [1.82, 2.24) is 0 Å². The van der Waals surface area contributed by atoms with E-state index in [1.807, 2.05) is 19.1 Å². The largest absolute Gasteiger partial charge is 0.491 e. The van der Waals surface area contributed by atoms with Gasteiger partial charge in [-0.05, 0) is 63.1 Å². The number of hydrogen-bond acceptors (Lipinski definition) is 2. The van der Waals surface area contributed by atoms with Gasteiger partial charge in [0.2, 0.25) is 5.82 Å². The summed E-state index contributed by atoms with van der Waals surface area (Å²) in [5.41, 5.74) is -1.96. The Balaban J connectivity index is 1.55. The second kappa shape index (κ2) is 12.1. The average Bonchev–Trinajstić information content (AvgIpc) is 2.91. The summed E-state index contributed by atoms with van der Waals surface area (Å²) in [7, 11) is 0. The first-order chi connectivity index (χ1) is 18.3. The Morgan fingerprint density at radius 1 is 0.763 bits per heavy atom. The maximum absolute atomic E-state index is 15.0. The van der Waals surface area contributed by atoms with Crippen molar-refractivity contribution >= 4 is 0 Å². The molecule has 1 heterocycles. The van der Waals surface area contributed by atoms with E-state index in [4.69, 9.17) is 9.47 Å². The number of ether oxygens (including phenoxy) is 2. The summed E-state index contributed by atoms with van der Waals surface area (Å²) in [6, 6.07) is 6.74. The van der Waals surface area contributed by atoms with Crippen LogP contribution in [-0.2, 0) is 11.2 Å². The molecule has 1 aliphatic rings. The topological polar surface area (TPSA) is 18.5 Å². The van der Waals surface area contributed by atoms with E-state index in [-0.39, 0.29) is 36.4 Å². The van der Waals surface area contributed by atoms with Crippen LogP contribution in [0.3, 0.4) is 0 Å². The molecule has 3 aromatic carbocycles. The molecule has 1 aliphatic heterocycles. The molecule has 2 atom stereocenters. The van der Waals surface area contributed by atoms with Crippen LogP contribution in [0.15, 0.2) is 48.6 Å². The van der Waals surface area contributed by atoms with Crippen molar-refractivity contribution in [2.24, 2.45) is 5.92 Å². The van der Waals surface area contributed by atoms with E-state index >= 15 is 4.39 Å². The monoisotopic (exact) mass is 534 g/mol. The van der Waals surface area contributed by atoms with E-state index in [9.17, 15) is 22.0 Å². The third-order valence-corrected chi connectivity index (χ3v) is 6.81. The highest BCUT2D eigenvalue weighted by atomic mass is 19.2. The van der Waals surface area contributed by atoms with Crippen LogP contribution >= 0.6 is 0 Å². The summed E-state index contributed by atoms with van der Waals surface area (Å²) < 4.78 is 99.5. The lowest BCUT2D eigenvalue weighted by molar-refractivity contribution is 0.00856. The summed E-state index contributed by atoms with van der Waals surface area (Å²) in [5, 5.41) is 0. The number of hydrogen-bond donors (Lipinski definition) is 0. The van der Waals surface area contributed by atoms with Gasteiger partial charge in [0.25, 0.3) is 0 Å². The lowest BCUT2D eigenvalue weighted by atomic mass is 9.91. The molecule has 38 heavy (non-hydrogen) atoms. The van der Waals surface area contributed by atoms with Crippen LogP contribution in [0, 0.1) is 40.8 Å². The van der Waals surface area contributed by atoms with Crippen LogP contribution in [0.4, 0.5) is 26.3 Å². The number of halogens is 6. The van der Waals surface area contributed by atoms with Gasteiger partial charge in [-0.2, -0.15) is 4.39 Å². The van der Waals surface area contributed by atoms with Gasteiger partial charge in [0.05, 0.1) is 19.3 Å². The van der Waals surface area contributed by atoms with Gasteiger partial charge in [-0.3, -0.25) is 0 Å². The molecule has 2 unspecified atom stereocenters. The summed E-state index contributed by atoms with van der Waals surface area (Å²) in [6.45, 7) is 4.13. The highest BCUT2D eigenvalue weighted by Crippen LogP contribution is 2.37. The summed E-state index contributed by atoms with van der Waals surface area (Å²) in [4.78, 5) is 0. The molecule has 0 aliphatic carbocycles. The highest BCUT2D eigenvalue weighted by Gasteiger charge is 2.25. The molecule has 0 radical (unpaired) electrons. The molecule has 4 rings (SSSR count).